The molecule has 0 aliphatic heterocycles. The molecule has 0 unspecified atom stereocenters. The Morgan fingerprint density at radius 3 is 2.15 bits per heavy atom. The molecule has 0 aliphatic rings. The predicted molar refractivity (Wildman–Crippen MR) is 93.3 cm³/mol. The van der Waals surface area contributed by atoms with E-state index in [9.17, 15) is 18.4 Å². The molecule has 2 atom stereocenters. The molecule has 0 aliphatic carbocycles. The molecular weight excluding hydrogens is 358 g/mol. The minimum Gasteiger partial charge on any atom is -0.453 e. The van der Waals surface area contributed by atoms with Crippen molar-refractivity contribution < 1.29 is 33.2 Å². The average molecular weight is 379 g/mol. The normalized spacial score (nSPS) is 12.9. The Morgan fingerprint density at radius 2 is 1.59 bits per heavy atom. The Bertz CT molecular complexity index is 754. The van der Waals surface area contributed by atoms with Gasteiger partial charge in [0, 0.05) is 11.1 Å². The summed E-state index contributed by atoms with van der Waals surface area (Å²) >= 11 is 0. The van der Waals surface area contributed by atoms with Gasteiger partial charge < -0.3 is 14.8 Å². The van der Waals surface area contributed by atoms with Crippen LogP contribution in [-0.4, -0.2) is 31.8 Å². The lowest BCUT2D eigenvalue weighted by molar-refractivity contribution is -0.704. The number of rotatable bonds is 7. The predicted octanol–water partition coefficient (Wildman–Crippen LogP) is 2.21. The fraction of sp³-hybridized carbons (Fsp3) is 0.263. The molecule has 0 aromatic heterocycles. The molecule has 0 heterocycles. The number of carbonyl (C=O) groups excluding carboxylic acids is 2. The van der Waals surface area contributed by atoms with Gasteiger partial charge in [0.15, 0.2) is 6.04 Å². The van der Waals surface area contributed by atoms with Gasteiger partial charge in [-0.1, -0.05) is 30.3 Å². The molecule has 2 rings (SSSR count). The van der Waals surface area contributed by atoms with Crippen molar-refractivity contribution in [3.8, 4) is 5.75 Å². The third-order valence-corrected chi connectivity index (χ3v) is 3.93. The first-order valence-corrected chi connectivity index (χ1v) is 8.24. The van der Waals surface area contributed by atoms with E-state index in [2.05, 4.69) is 14.8 Å². The minimum atomic E-state index is -2.89. The van der Waals surface area contributed by atoms with Crippen LogP contribution in [0.2, 0.25) is 0 Å². The van der Waals surface area contributed by atoms with Gasteiger partial charge in [0.2, 0.25) is 0 Å². The first kappa shape index (κ1) is 20.3. The monoisotopic (exact) mass is 379 g/mol. The van der Waals surface area contributed by atoms with E-state index in [1.165, 1.54) is 19.2 Å². The molecule has 2 aromatic rings. The maximum Gasteiger partial charge on any atom is 0.413 e. The van der Waals surface area contributed by atoms with Crippen LogP contribution in [-0.2, 0) is 9.53 Å². The third-order valence-electron chi connectivity index (χ3n) is 3.93. The number of quaternary nitrogens is 1. The molecule has 2 aromatic carbocycles. The summed E-state index contributed by atoms with van der Waals surface area (Å²) in [6.45, 7) is -1.24. The largest absolute Gasteiger partial charge is 0.453 e. The second-order valence-electron chi connectivity index (χ2n) is 5.80. The number of hydrogen-bond donors (Lipinski definition) is 2. The lowest BCUT2D eigenvalue weighted by atomic mass is 9.97. The Balaban J connectivity index is 2.22. The number of methoxy groups -OCH3 is 1. The first-order chi connectivity index (χ1) is 12.9. The fourth-order valence-electron chi connectivity index (χ4n) is 2.57. The molecule has 144 valence electrons. The van der Waals surface area contributed by atoms with Crippen molar-refractivity contribution in [2.24, 2.45) is 0 Å². The summed E-state index contributed by atoms with van der Waals surface area (Å²) in [5.74, 6) is -0.447. The van der Waals surface area contributed by atoms with E-state index in [0.29, 0.717) is 0 Å². The number of alkyl halides is 2. The highest BCUT2D eigenvalue weighted by molar-refractivity contribution is 5.93. The van der Waals surface area contributed by atoms with Crippen molar-refractivity contribution in [2.75, 3.05) is 7.11 Å². The van der Waals surface area contributed by atoms with E-state index < -0.39 is 24.7 Å². The lowest BCUT2D eigenvalue weighted by Gasteiger charge is -2.20. The van der Waals surface area contributed by atoms with Crippen LogP contribution >= 0.6 is 0 Å². The summed E-state index contributed by atoms with van der Waals surface area (Å²) in [7, 11) is 1.17. The molecular formula is C19H21F2N2O4+. The maximum absolute atomic E-state index is 12.3. The Hall–Kier alpha value is -3.00. The number of nitrogens with two attached hydrogens (primary N) is 1. The van der Waals surface area contributed by atoms with Crippen LogP contribution in [0.15, 0.2) is 54.6 Å². The molecule has 0 saturated heterocycles. The number of halogens is 2. The van der Waals surface area contributed by atoms with Crippen molar-refractivity contribution >= 4 is 12.0 Å². The molecule has 0 saturated carbocycles. The van der Waals surface area contributed by atoms with E-state index in [-0.39, 0.29) is 11.8 Å². The molecule has 0 spiro atoms. The van der Waals surface area contributed by atoms with Gasteiger partial charge in [-0.25, -0.2) is 4.79 Å². The number of alkyl carbamates (subject to hydrolysis) is 1. The molecule has 8 heteroatoms. The van der Waals surface area contributed by atoms with Gasteiger partial charge in [0.25, 0.3) is 5.91 Å². The van der Waals surface area contributed by atoms with Gasteiger partial charge in [-0.05, 0) is 31.2 Å². The molecule has 6 nitrogen and oxygen atoms in total. The lowest BCUT2D eigenvalue weighted by Crippen LogP contribution is -2.92. The number of ether oxygens (including phenoxy) is 2. The van der Waals surface area contributed by atoms with Crippen LogP contribution in [0.25, 0.3) is 0 Å². The molecule has 3 N–H and O–H groups in total. The number of benzene rings is 2. The van der Waals surface area contributed by atoms with Crippen LogP contribution in [0.3, 0.4) is 0 Å². The Kier molecular flexibility index (Phi) is 7.25. The number of nitrogens with one attached hydrogen (secondary N) is 1. The second-order valence-corrected chi connectivity index (χ2v) is 5.80. The van der Waals surface area contributed by atoms with E-state index in [1.807, 2.05) is 30.3 Å². The molecule has 2 amide bonds. The summed E-state index contributed by atoms with van der Waals surface area (Å²) in [6, 6.07) is 14.7. The van der Waals surface area contributed by atoms with Crippen LogP contribution < -0.4 is 15.4 Å². The molecule has 0 radical (unpaired) electrons. The zero-order valence-electron chi connectivity index (χ0n) is 14.9. The summed E-state index contributed by atoms with van der Waals surface area (Å²) in [4.78, 5) is 23.4. The smallest absolute Gasteiger partial charge is 0.413 e. The Labute approximate surface area is 155 Å². The van der Waals surface area contributed by atoms with E-state index in [4.69, 9.17) is 0 Å². The van der Waals surface area contributed by atoms with Gasteiger partial charge >= 0.3 is 12.7 Å². The first-order valence-electron chi connectivity index (χ1n) is 8.24. The van der Waals surface area contributed by atoms with E-state index in [0.717, 1.165) is 11.1 Å². The van der Waals surface area contributed by atoms with Gasteiger partial charge in [-0.15, -0.1) is 0 Å². The third kappa shape index (κ3) is 6.03. The highest BCUT2D eigenvalue weighted by Gasteiger charge is 2.26. The van der Waals surface area contributed by atoms with Gasteiger partial charge in [-0.3, -0.25) is 10.1 Å². The summed E-state index contributed by atoms with van der Waals surface area (Å²) in [6.07, 6.45) is -0.829. The van der Waals surface area contributed by atoms with E-state index in [1.54, 1.807) is 24.4 Å². The summed E-state index contributed by atoms with van der Waals surface area (Å²) < 4.78 is 33.5. The van der Waals surface area contributed by atoms with Crippen LogP contribution in [0.5, 0.6) is 5.75 Å². The highest BCUT2D eigenvalue weighted by atomic mass is 19.3. The van der Waals surface area contributed by atoms with Gasteiger partial charge in [0.1, 0.15) is 11.8 Å². The minimum absolute atomic E-state index is 0.0528. The SMILES string of the molecule is COC(=O)NC(=O)[C@@H](C)[NH2+][C@@H](c1ccccc1)c1ccc(OC(F)F)cc1. The molecule has 0 bridgehead atoms. The number of hydrogen-bond acceptors (Lipinski definition) is 4. The highest BCUT2D eigenvalue weighted by Crippen LogP contribution is 2.22. The zero-order chi connectivity index (χ0) is 19.8. The quantitative estimate of drug-likeness (QED) is 0.773. The summed E-state index contributed by atoms with van der Waals surface area (Å²) in [5.41, 5.74) is 1.71. The van der Waals surface area contributed by atoms with Crippen LogP contribution in [0.1, 0.15) is 24.1 Å². The number of amides is 2. The van der Waals surface area contributed by atoms with Crippen LogP contribution in [0, 0.1) is 0 Å². The van der Waals surface area contributed by atoms with Crippen molar-refractivity contribution in [1.29, 1.82) is 0 Å². The standard InChI is InChI=1S/C19H20F2N2O4/c1-12(17(24)23-19(25)26-2)22-16(13-6-4-3-5-7-13)14-8-10-15(11-9-14)27-18(20)21/h3-12,16,18,22H,1-2H3,(H,23,24,25)/p+1/t12-,16+/m1/s1. The van der Waals surface area contributed by atoms with E-state index >= 15 is 0 Å². The average Bonchev–Trinajstić information content (AvgIpc) is 2.66. The van der Waals surface area contributed by atoms with Crippen molar-refractivity contribution in [3.05, 3.63) is 65.7 Å². The van der Waals surface area contributed by atoms with Gasteiger partial charge in [-0.2, -0.15) is 8.78 Å². The van der Waals surface area contributed by atoms with Crippen molar-refractivity contribution in [1.82, 2.24) is 5.32 Å². The zero-order valence-corrected chi connectivity index (χ0v) is 14.9. The fourth-order valence-corrected chi connectivity index (χ4v) is 2.57. The molecule has 0 fully saturated rings. The maximum atomic E-state index is 12.3. The second kappa shape index (κ2) is 9.63. The molecule has 27 heavy (non-hydrogen) atoms. The van der Waals surface area contributed by atoms with Gasteiger partial charge in [0.05, 0.1) is 7.11 Å². The van der Waals surface area contributed by atoms with Crippen molar-refractivity contribution in [3.63, 3.8) is 0 Å². The summed E-state index contributed by atoms with van der Waals surface area (Å²) in [5, 5.41) is 3.91. The topological polar surface area (TPSA) is 81.2 Å². The number of carbonyl (C=O) groups is 2. The van der Waals surface area contributed by atoms with Crippen LogP contribution in [0.4, 0.5) is 13.6 Å². The number of imide groups is 1. The Morgan fingerprint density at radius 1 is 1.00 bits per heavy atom. The van der Waals surface area contributed by atoms with Crippen molar-refractivity contribution in [2.45, 2.75) is 25.6 Å².